The van der Waals surface area contributed by atoms with Crippen LogP contribution in [0.1, 0.15) is 6.42 Å². The van der Waals surface area contributed by atoms with Crippen molar-refractivity contribution < 1.29 is 4.57 Å². The third kappa shape index (κ3) is 1.28. The fourth-order valence-corrected chi connectivity index (χ4v) is 1.36. The molecular weight excluding hydrogens is 162 g/mol. The fraction of sp³-hybridized carbons (Fsp3) is 0.429. The maximum Gasteiger partial charge on any atom is 0.227 e. The van der Waals surface area contributed by atoms with Gasteiger partial charge in [-0.15, -0.1) is 0 Å². The van der Waals surface area contributed by atoms with E-state index in [1.54, 1.807) is 6.33 Å². The van der Waals surface area contributed by atoms with Gasteiger partial charge in [-0.3, -0.25) is 0 Å². The van der Waals surface area contributed by atoms with Crippen molar-refractivity contribution >= 4 is 17.4 Å². The highest BCUT2D eigenvalue weighted by atomic mass is 35.5. The molecule has 1 aliphatic rings. The smallest absolute Gasteiger partial charge is 0.227 e. The van der Waals surface area contributed by atoms with Crippen molar-refractivity contribution in [3.63, 3.8) is 0 Å². The molecule has 1 aromatic heterocycles. The van der Waals surface area contributed by atoms with Gasteiger partial charge >= 0.3 is 0 Å². The number of nitrogens with one attached hydrogen (secondary N) is 1. The van der Waals surface area contributed by atoms with Crippen LogP contribution in [0.25, 0.3) is 0 Å². The predicted octanol–water partition coefficient (Wildman–Crippen LogP) is 0.838. The number of nitrogens with zero attached hydrogens (tertiary/aromatic N) is 2. The zero-order valence-corrected chi connectivity index (χ0v) is 6.80. The maximum absolute atomic E-state index is 5.71. The Labute approximate surface area is 70.0 Å². The second-order valence-electron chi connectivity index (χ2n) is 2.57. The summed E-state index contributed by atoms with van der Waals surface area (Å²) in [7, 11) is 0. The van der Waals surface area contributed by atoms with Crippen LogP contribution in [0.4, 0.5) is 5.82 Å². The summed E-state index contributed by atoms with van der Waals surface area (Å²) in [5.74, 6) is 1.07. The highest BCUT2D eigenvalue weighted by Crippen LogP contribution is 2.09. The Kier molecular flexibility index (Phi) is 1.66. The van der Waals surface area contributed by atoms with Gasteiger partial charge in [0.1, 0.15) is 0 Å². The number of halogens is 1. The molecule has 0 saturated carbocycles. The van der Waals surface area contributed by atoms with Crippen molar-refractivity contribution in [2.45, 2.75) is 13.0 Å². The first kappa shape index (κ1) is 6.85. The molecule has 3 nitrogen and oxygen atoms in total. The molecule has 0 radical (unpaired) electrons. The molecule has 0 amide bonds. The zero-order valence-electron chi connectivity index (χ0n) is 6.05. The van der Waals surface area contributed by atoms with Crippen LogP contribution in [-0.4, -0.2) is 11.5 Å². The lowest BCUT2D eigenvalue weighted by molar-refractivity contribution is -0.689. The Hall–Kier alpha value is -0.830. The lowest BCUT2D eigenvalue weighted by atomic mass is 10.3. The number of anilines is 1. The van der Waals surface area contributed by atoms with Gasteiger partial charge < -0.3 is 5.32 Å². The standard InChI is InChI=1S/C7H8ClN3/c8-6-4-7-9-2-1-3-11(7)5-10-6/h4-5H,1-3H2/p+1. The van der Waals surface area contributed by atoms with Gasteiger partial charge in [-0.2, -0.15) is 0 Å². The third-order valence-corrected chi connectivity index (χ3v) is 1.97. The van der Waals surface area contributed by atoms with Gasteiger partial charge in [0, 0.05) is 6.42 Å². The van der Waals surface area contributed by atoms with Crippen molar-refractivity contribution in [1.82, 2.24) is 4.98 Å². The highest BCUT2D eigenvalue weighted by Gasteiger charge is 2.13. The summed E-state index contributed by atoms with van der Waals surface area (Å²) in [5, 5.41) is 3.79. The SMILES string of the molecule is Clc1cc2[n+](cn1)CCCN2. The van der Waals surface area contributed by atoms with Crippen LogP contribution < -0.4 is 9.88 Å². The van der Waals surface area contributed by atoms with E-state index in [4.69, 9.17) is 11.6 Å². The third-order valence-electron chi connectivity index (χ3n) is 1.77. The molecule has 2 rings (SSSR count). The summed E-state index contributed by atoms with van der Waals surface area (Å²) in [6.07, 6.45) is 2.92. The molecular formula is C7H9ClN3+. The van der Waals surface area contributed by atoms with E-state index < -0.39 is 0 Å². The fourth-order valence-electron chi connectivity index (χ4n) is 1.22. The number of aromatic nitrogens is 2. The Morgan fingerprint density at radius 3 is 3.45 bits per heavy atom. The molecule has 0 aromatic carbocycles. The number of rotatable bonds is 0. The van der Waals surface area contributed by atoms with Crippen LogP contribution in [0.15, 0.2) is 12.4 Å². The lowest BCUT2D eigenvalue weighted by Crippen LogP contribution is -2.42. The quantitative estimate of drug-likeness (QED) is 0.462. The Balaban J connectivity index is 2.43. The molecule has 4 heteroatoms. The minimum absolute atomic E-state index is 0.547. The van der Waals surface area contributed by atoms with E-state index in [9.17, 15) is 0 Å². The molecule has 1 aliphatic heterocycles. The summed E-state index contributed by atoms with van der Waals surface area (Å²) in [6.45, 7) is 2.06. The van der Waals surface area contributed by atoms with Gasteiger partial charge in [0.25, 0.3) is 0 Å². The van der Waals surface area contributed by atoms with Crippen molar-refractivity contribution in [3.05, 3.63) is 17.5 Å². The first-order valence-corrected chi connectivity index (χ1v) is 4.03. The maximum atomic E-state index is 5.71. The Morgan fingerprint density at radius 1 is 1.64 bits per heavy atom. The molecule has 0 saturated heterocycles. The zero-order chi connectivity index (χ0) is 7.68. The summed E-state index contributed by atoms with van der Waals surface area (Å²) in [4.78, 5) is 3.98. The van der Waals surface area contributed by atoms with Crippen LogP contribution >= 0.6 is 11.6 Å². The molecule has 0 atom stereocenters. The van der Waals surface area contributed by atoms with Gasteiger partial charge in [0.15, 0.2) is 0 Å². The number of fused-ring (bicyclic) bond motifs is 1. The second kappa shape index (κ2) is 2.66. The molecule has 0 aliphatic carbocycles. The van der Waals surface area contributed by atoms with E-state index in [0.717, 1.165) is 25.3 Å². The van der Waals surface area contributed by atoms with Crippen LogP contribution in [0, 0.1) is 0 Å². The minimum Gasteiger partial charge on any atom is -0.305 e. The van der Waals surface area contributed by atoms with Crippen LogP contribution in [0.5, 0.6) is 0 Å². The van der Waals surface area contributed by atoms with Crippen molar-refractivity contribution in [2.75, 3.05) is 11.9 Å². The molecule has 0 spiro atoms. The van der Waals surface area contributed by atoms with Gasteiger partial charge in [-0.05, 0) is 11.6 Å². The van der Waals surface area contributed by atoms with Crippen LogP contribution in [0.2, 0.25) is 5.15 Å². The van der Waals surface area contributed by atoms with E-state index >= 15 is 0 Å². The van der Waals surface area contributed by atoms with E-state index in [1.165, 1.54) is 0 Å². The van der Waals surface area contributed by atoms with Gasteiger partial charge in [-0.1, -0.05) is 4.98 Å². The largest absolute Gasteiger partial charge is 0.305 e. The molecule has 0 unspecified atom stereocenters. The number of hydrogen-bond donors (Lipinski definition) is 1. The molecule has 0 bridgehead atoms. The molecule has 1 N–H and O–H groups in total. The van der Waals surface area contributed by atoms with Crippen molar-refractivity contribution in [2.24, 2.45) is 0 Å². The average Bonchev–Trinajstić information content (AvgIpc) is 2.04. The van der Waals surface area contributed by atoms with Crippen molar-refractivity contribution in [1.29, 1.82) is 0 Å². The first-order chi connectivity index (χ1) is 5.36. The second-order valence-corrected chi connectivity index (χ2v) is 2.96. The molecule has 0 fully saturated rings. The van der Waals surface area contributed by atoms with Crippen LogP contribution in [-0.2, 0) is 6.54 Å². The van der Waals surface area contributed by atoms with E-state index in [-0.39, 0.29) is 0 Å². The molecule has 11 heavy (non-hydrogen) atoms. The Bertz CT molecular complexity index is 274. The van der Waals surface area contributed by atoms with E-state index in [0.29, 0.717) is 5.15 Å². The summed E-state index contributed by atoms with van der Waals surface area (Å²) >= 11 is 5.71. The van der Waals surface area contributed by atoms with Gasteiger partial charge in [0.05, 0.1) is 19.2 Å². The first-order valence-electron chi connectivity index (χ1n) is 3.65. The normalized spacial score (nSPS) is 15.4. The van der Waals surface area contributed by atoms with Gasteiger partial charge in [0.2, 0.25) is 17.3 Å². The van der Waals surface area contributed by atoms with Crippen LogP contribution in [0.3, 0.4) is 0 Å². The highest BCUT2D eigenvalue weighted by molar-refractivity contribution is 6.29. The molecule has 2 heterocycles. The van der Waals surface area contributed by atoms with E-state index in [2.05, 4.69) is 14.9 Å². The molecule has 1 aromatic rings. The van der Waals surface area contributed by atoms with E-state index in [1.807, 2.05) is 6.07 Å². The molecule has 58 valence electrons. The summed E-state index contributed by atoms with van der Waals surface area (Å²) in [5.41, 5.74) is 0. The predicted molar refractivity (Wildman–Crippen MR) is 42.5 cm³/mol. The number of hydrogen-bond acceptors (Lipinski definition) is 2. The average molecular weight is 171 g/mol. The lowest BCUT2D eigenvalue weighted by Gasteiger charge is -2.12. The summed E-state index contributed by atoms with van der Waals surface area (Å²) in [6, 6.07) is 1.85. The minimum atomic E-state index is 0.547. The van der Waals surface area contributed by atoms with Gasteiger partial charge in [-0.25, -0.2) is 4.57 Å². The number of aryl methyl sites for hydroxylation is 1. The Morgan fingerprint density at radius 2 is 2.55 bits per heavy atom. The monoisotopic (exact) mass is 170 g/mol. The topological polar surface area (TPSA) is 28.8 Å². The van der Waals surface area contributed by atoms with Crippen molar-refractivity contribution in [3.8, 4) is 0 Å². The summed E-state index contributed by atoms with van der Waals surface area (Å²) < 4.78 is 2.06.